The summed E-state index contributed by atoms with van der Waals surface area (Å²) in [6.07, 6.45) is 7.35. The normalized spacial score (nSPS) is 16.0. The van der Waals surface area contributed by atoms with Crippen LogP contribution in [0.2, 0.25) is 0 Å². The molecule has 5 rings (SSSR count). The van der Waals surface area contributed by atoms with Gasteiger partial charge in [0.05, 0.1) is 5.56 Å². The lowest BCUT2D eigenvalue weighted by molar-refractivity contribution is -0.132. The van der Waals surface area contributed by atoms with Crippen molar-refractivity contribution in [2.24, 2.45) is 0 Å². The highest BCUT2D eigenvalue weighted by atomic mass is 32.2. The molecule has 3 aromatic rings. The summed E-state index contributed by atoms with van der Waals surface area (Å²) in [7, 11) is 0. The molecule has 0 aliphatic carbocycles. The van der Waals surface area contributed by atoms with Crippen LogP contribution in [0, 0.1) is 0 Å². The molecule has 0 atom stereocenters. The number of thiophene rings is 1. The zero-order chi connectivity index (χ0) is 22.6. The number of nitrogens with zero attached hydrogens (tertiary/aromatic N) is 3. The maximum atomic E-state index is 13.7. The number of fused-ring (bicyclic) bond motifs is 1. The van der Waals surface area contributed by atoms with Crippen LogP contribution in [-0.2, 0) is 23.4 Å². The van der Waals surface area contributed by atoms with Crippen molar-refractivity contribution in [1.82, 2.24) is 14.4 Å². The lowest BCUT2D eigenvalue weighted by Crippen LogP contribution is -2.50. The molecule has 7 heteroatoms. The van der Waals surface area contributed by atoms with Gasteiger partial charge in [-0.25, -0.2) is 0 Å². The Morgan fingerprint density at radius 3 is 2.39 bits per heavy atom. The summed E-state index contributed by atoms with van der Waals surface area (Å²) in [5.74, 6) is 2.39. The highest BCUT2D eigenvalue weighted by molar-refractivity contribution is 7.98. The number of hydrogen-bond donors (Lipinski definition) is 0. The monoisotopic (exact) mass is 479 g/mol. The van der Waals surface area contributed by atoms with Crippen molar-refractivity contribution in [3.63, 3.8) is 0 Å². The van der Waals surface area contributed by atoms with Gasteiger partial charge in [0.1, 0.15) is 5.00 Å². The van der Waals surface area contributed by atoms with Gasteiger partial charge in [0.2, 0.25) is 5.91 Å². The third-order valence-electron chi connectivity index (χ3n) is 6.47. The Morgan fingerprint density at radius 1 is 0.909 bits per heavy atom. The first-order valence-corrected chi connectivity index (χ1v) is 13.6. The van der Waals surface area contributed by atoms with Crippen molar-refractivity contribution in [2.45, 2.75) is 31.4 Å². The van der Waals surface area contributed by atoms with E-state index in [1.807, 2.05) is 64.3 Å². The number of thioether (sulfide) groups is 1. The van der Waals surface area contributed by atoms with Crippen LogP contribution in [0.25, 0.3) is 5.00 Å². The Bertz CT molecular complexity index is 1100. The minimum absolute atomic E-state index is 0.124. The predicted molar refractivity (Wildman–Crippen MR) is 135 cm³/mol. The van der Waals surface area contributed by atoms with Gasteiger partial charge in [-0.3, -0.25) is 9.59 Å². The molecule has 0 unspecified atom stereocenters. The first-order valence-electron chi connectivity index (χ1n) is 11.7. The van der Waals surface area contributed by atoms with Crippen molar-refractivity contribution in [3.05, 3.63) is 76.4 Å². The van der Waals surface area contributed by atoms with E-state index in [0.29, 0.717) is 32.6 Å². The molecule has 0 spiro atoms. The van der Waals surface area contributed by atoms with Crippen molar-refractivity contribution in [2.75, 3.05) is 31.9 Å². The molecule has 1 aromatic carbocycles. The topological polar surface area (TPSA) is 45.6 Å². The average Bonchev–Trinajstić information content (AvgIpc) is 3.52. The summed E-state index contributed by atoms with van der Waals surface area (Å²) in [5, 5.41) is 1.04. The Hall–Kier alpha value is -2.51. The number of hydrogen-bond acceptors (Lipinski definition) is 4. The molecule has 0 saturated carbocycles. The molecule has 2 amide bonds. The SMILES string of the molecule is O=C(CCCc1ccccc1)N1CCN(C(=O)c2c(-n3cccc3)sc3c2CCSC3)CC1. The van der Waals surface area contributed by atoms with Gasteiger partial charge in [0.15, 0.2) is 0 Å². The van der Waals surface area contributed by atoms with Crippen molar-refractivity contribution in [1.29, 1.82) is 0 Å². The van der Waals surface area contributed by atoms with Gasteiger partial charge in [-0.2, -0.15) is 11.8 Å². The van der Waals surface area contributed by atoms with Crippen LogP contribution in [0.15, 0.2) is 54.9 Å². The minimum atomic E-state index is 0.124. The summed E-state index contributed by atoms with van der Waals surface area (Å²) >= 11 is 3.70. The molecule has 2 aliphatic rings. The van der Waals surface area contributed by atoms with Crippen LogP contribution in [0.4, 0.5) is 0 Å². The zero-order valence-corrected chi connectivity index (χ0v) is 20.4. The number of aryl methyl sites for hydroxylation is 1. The van der Waals surface area contributed by atoms with E-state index >= 15 is 0 Å². The summed E-state index contributed by atoms with van der Waals surface area (Å²) in [4.78, 5) is 31.6. The number of piperazine rings is 1. The van der Waals surface area contributed by atoms with E-state index in [4.69, 9.17) is 0 Å². The second-order valence-corrected chi connectivity index (χ2v) is 10.8. The first-order chi connectivity index (χ1) is 16.2. The van der Waals surface area contributed by atoms with Gasteiger partial charge >= 0.3 is 0 Å². The Labute approximate surface area is 203 Å². The standard InChI is InChI=1S/C26H29N3O2S2/c30-23(10-6-9-20-7-2-1-3-8-20)27-14-16-28(17-15-27)25(31)24-21-11-18-32-19-22(21)33-26(24)29-12-4-5-13-29/h1-5,7-8,12-13H,6,9-11,14-19H2. The fourth-order valence-corrected chi connectivity index (χ4v) is 7.09. The summed E-state index contributed by atoms with van der Waals surface area (Å²) in [6.45, 7) is 2.45. The molecule has 5 nitrogen and oxygen atoms in total. The van der Waals surface area contributed by atoms with Crippen LogP contribution >= 0.6 is 23.1 Å². The zero-order valence-electron chi connectivity index (χ0n) is 18.7. The van der Waals surface area contributed by atoms with Gasteiger partial charge in [-0.1, -0.05) is 30.3 Å². The lowest BCUT2D eigenvalue weighted by Gasteiger charge is -2.35. The first kappa shape index (κ1) is 22.3. The molecule has 2 aromatic heterocycles. The van der Waals surface area contributed by atoms with Gasteiger partial charge in [-0.15, -0.1) is 11.3 Å². The molecule has 172 valence electrons. The number of carbonyl (C=O) groups excluding carboxylic acids is 2. The van der Waals surface area contributed by atoms with Crippen molar-refractivity contribution < 1.29 is 9.59 Å². The van der Waals surface area contributed by atoms with E-state index in [1.54, 1.807) is 11.3 Å². The molecule has 2 aliphatic heterocycles. The minimum Gasteiger partial charge on any atom is -0.339 e. The van der Waals surface area contributed by atoms with E-state index in [1.165, 1.54) is 16.0 Å². The van der Waals surface area contributed by atoms with E-state index in [0.717, 1.165) is 41.3 Å². The van der Waals surface area contributed by atoms with Crippen molar-refractivity contribution in [3.8, 4) is 5.00 Å². The van der Waals surface area contributed by atoms with E-state index in [2.05, 4.69) is 16.7 Å². The summed E-state index contributed by atoms with van der Waals surface area (Å²) in [5.41, 5.74) is 3.40. The third-order valence-corrected chi connectivity index (χ3v) is 8.89. The molecule has 1 fully saturated rings. The molecule has 0 bridgehead atoms. The third kappa shape index (κ3) is 4.89. The van der Waals surface area contributed by atoms with Crippen LogP contribution in [0.1, 0.15) is 39.2 Å². The van der Waals surface area contributed by atoms with Gasteiger partial charge in [0, 0.05) is 55.6 Å². The maximum Gasteiger partial charge on any atom is 0.257 e. The average molecular weight is 480 g/mol. The van der Waals surface area contributed by atoms with Crippen LogP contribution in [0.5, 0.6) is 0 Å². The van der Waals surface area contributed by atoms with Crippen LogP contribution < -0.4 is 0 Å². The van der Waals surface area contributed by atoms with E-state index < -0.39 is 0 Å². The smallest absolute Gasteiger partial charge is 0.257 e. The number of benzene rings is 1. The number of rotatable bonds is 6. The summed E-state index contributed by atoms with van der Waals surface area (Å²) in [6, 6.07) is 14.3. The van der Waals surface area contributed by atoms with Gasteiger partial charge < -0.3 is 14.4 Å². The highest BCUT2D eigenvalue weighted by Crippen LogP contribution is 2.39. The highest BCUT2D eigenvalue weighted by Gasteiger charge is 2.31. The van der Waals surface area contributed by atoms with E-state index in [9.17, 15) is 9.59 Å². The fourth-order valence-electron chi connectivity index (χ4n) is 4.65. The molecular weight excluding hydrogens is 450 g/mol. The quantitative estimate of drug-likeness (QED) is 0.518. The Balaban J connectivity index is 1.21. The molecule has 0 radical (unpaired) electrons. The Morgan fingerprint density at radius 2 is 1.64 bits per heavy atom. The predicted octanol–water partition coefficient (Wildman–Crippen LogP) is 4.64. The van der Waals surface area contributed by atoms with Crippen LogP contribution in [-0.4, -0.2) is 58.1 Å². The lowest BCUT2D eigenvalue weighted by atomic mass is 10.1. The fraction of sp³-hybridized carbons (Fsp3) is 0.385. The largest absolute Gasteiger partial charge is 0.339 e. The molecule has 4 heterocycles. The number of carbonyl (C=O) groups is 2. The number of aromatic nitrogens is 1. The van der Waals surface area contributed by atoms with Gasteiger partial charge in [-0.05, 0) is 48.3 Å². The Kier molecular flexibility index (Phi) is 6.88. The molecule has 33 heavy (non-hydrogen) atoms. The molecular formula is C26H29N3O2S2. The second kappa shape index (κ2) is 10.2. The molecule has 1 saturated heterocycles. The maximum absolute atomic E-state index is 13.7. The number of amides is 2. The van der Waals surface area contributed by atoms with Gasteiger partial charge in [0.25, 0.3) is 5.91 Å². The molecule has 0 N–H and O–H groups in total. The summed E-state index contributed by atoms with van der Waals surface area (Å²) < 4.78 is 2.08. The second-order valence-electron chi connectivity index (χ2n) is 8.59. The van der Waals surface area contributed by atoms with E-state index in [-0.39, 0.29) is 11.8 Å². The van der Waals surface area contributed by atoms with Crippen molar-refractivity contribution >= 4 is 34.9 Å². The van der Waals surface area contributed by atoms with Crippen LogP contribution in [0.3, 0.4) is 0 Å².